The van der Waals surface area contributed by atoms with E-state index in [1.54, 1.807) is 0 Å². The predicted octanol–water partition coefficient (Wildman–Crippen LogP) is 6.46. The van der Waals surface area contributed by atoms with E-state index in [9.17, 15) is 14.7 Å². The van der Waals surface area contributed by atoms with Crippen LogP contribution in [0.25, 0.3) is 10.8 Å². The fourth-order valence-electron chi connectivity index (χ4n) is 6.10. The lowest BCUT2D eigenvalue weighted by molar-refractivity contribution is -0.146. The van der Waals surface area contributed by atoms with Crippen LogP contribution in [-0.4, -0.2) is 41.5 Å². The monoisotopic (exact) mass is 534 g/mol. The van der Waals surface area contributed by atoms with Gasteiger partial charge in [0.1, 0.15) is 0 Å². The Morgan fingerprint density at radius 3 is 2.33 bits per heavy atom. The fraction of sp³-hybridized carbons (Fsp3) is 0.314. The van der Waals surface area contributed by atoms with Crippen molar-refractivity contribution in [3.63, 3.8) is 0 Å². The molecule has 1 saturated heterocycles. The van der Waals surface area contributed by atoms with Crippen molar-refractivity contribution < 1.29 is 14.7 Å². The molecular formula is C35H38N2O3. The van der Waals surface area contributed by atoms with Crippen molar-refractivity contribution in [1.82, 2.24) is 10.2 Å². The molecule has 5 rings (SSSR count). The number of piperidine rings is 1. The van der Waals surface area contributed by atoms with Crippen molar-refractivity contribution in [2.45, 2.75) is 38.1 Å². The average molecular weight is 535 g/mol. The molecule has 1 aliphatic heterocycles. The number of nitrogens with zero attached hydrogens (tertiary/aromatic N) is 1. The molecule has 5 nitrogen and oxygen atoms in total. The smallest absolute Gasteiger partial charge is 0.307 e. The van der Waals surface area contributed by atoms with Crippen molar-refractivity contribution in [2.75, 3.05) is 19.6 Å². The lowest BCUT2D eigenvalue weighted by Crippen LogP contribution is -2.46. The van der Waals surface area contributed by atoms with E-state index >= 15 is 0 Å². The van der Waals surface area contributed by atoms with Gasteiger partial charge in [-0.15, -0.1) is 0 Å². The van der Waals surface area contributed by atoms with E-state index in [-0.39, 0.29) is 24.3 Å². The van der Waals surface area contributed by atoms with E-state index in [0.717, 1.165) is 18.5 Å². The molecule has 4 aromatic carbocycles. The van der Waals surface area contributed by atoms with Gasteiger partial charge in [0.05, 0.1) is 5.92 Å². The summed E-state index contributed by atoms with van der Waals surface area (Å²) >= 11 is 0. The maximum Gasteiger partial charge on any atom is 0.307 e. The molecule has 40 heavy (non-hydrogen) atoms. The van der Waals surface area contributed by atoms with Gasteiger partial charge in [-0.2, -0.15) is 0 Å². The number of rotatable bonds is 10. The first-order valence-electron chi connectivity index (χ1n) is 14.3. The Hall–Kier alpha value is -3.96. The van der Waals surface area contributed by atoms with E-state index in [2.05, 4.69) is 79.0 Å². The predicted molar refractivity (Wildman–Crippen MR) is 160 cm³/mol. The first-order chi connectivity index (χ1) is 19.5. The summed E-state index contributed by atoms with van der Waals surface area (Å²) < 4.78 is 0. The highest BCUT2D eigenvalue weighted by molar-refractivity contribution is 5.86. The van der Waals surface area contributed by atoms with Crippen molar-refractivity contribution in [3.8, 4) is 0 Å². The molecule has 1 aliphatic rings. The Bertz CT molecular complexity index is 1420. The molecule has 206 valence electrons. The van der Waals surface area contributed by atoms with Crippen molar-refractivity contribution in [2.24, 2.45) is 11.8 Å². The van der Waals surface area contributed by atoms with E-state index in [0.29, 0.717) is 25.4 Å². The Kier molecular flexibility index (Phi) is 8.92. The SMILES string of the molecule is C[C@@H](NCC1CCN(C(=O)C[C@H](Cc2ccccc2)C(=O)O)CC1c1ccccc1)c1cccc2ccccc12. The molecule has 5 heteroatoms. The minimum absolute atomic E-state index is 0.0206. The number of fused-ring (bicyclic) bond motifs is 1. The maximum absolute atomic E-state index is 13.4. The summed E-state index contributed by atoms with van der Waals surface area (Å²) in [4.78, 5) is 27.3. The molecule has 0 aliphatic carbocycles. The van der Waals surface area contributed by atoms with E-state index in [4.69, 9.17) is 0 Å². The molecule has 4 atom stereocenters. The van der Waals surface area contributed by atoms with Gasteiger partial charge in [-0.25, -0.2) is 0 Å². The van der Waals surface area contributed by atoms with Gasteiger partial charge in [0.25, 0.3) is 0 Å². The number of hydrogen-bond acceptors (Lipinski definition) is 3. The van der Waals surface area contributed by atoms with Gasteiger partial charge in [0.15, 0.2) is 0 Å². The van der Waals surface area contributed by atoms with Crippen LogP contribution >= 0.6 is 0 Å². The van der Waals surface area contributed by atoms with Crippen molar-refractivity contribution in [3.05, 3.63) is 120 Å². The van der Waals surface area contributed by atoms with Gasteiger partial charge in [0.2, 0.25) is 5.91 Å². The molecule has 2 N–H and O–H groups in total. The van der Waals surface area contributed by atoms with Gasteiger partial charge >= 0.3 is 5.97 Å². The Balaban J connectivity index is 1.27. The van der Waals surface area contributed by atoms with Crippen LogP contribution in [0.15, 0.2) is 103 Å². The summed E-state index contributed by atoms with van der Waals surface area (Å²) in [5.74, 6) is -1.17. The molecule has 0 saturated carbocycles. The summed E-state index contributed by atoms with van der Waals surface area (Å²) in [6, 6.07) is 35.1. The fourth-order valence-corrected chi connectivity index (χ4v) is 6.10. The number of aliphatic carboxylic acids is 1. The van der Waals surface area contributed by atoms with Crippen LogP contribution in [0.1, 0.15) is 48.4 Å². The molecule has 1 heterocycles. The Labute approximate surface area is 236 Å². The number of carbonyl (C=O) groups excluding carboxylic acids is 1. The number of benzene rings is 4. The van der Waals surface area contributed by atoms with Gasteiger partial charge in [-0.1, -0.05) is 103 Å². The third kappa shape index (κ3) is 6.60. The maximum atomic E-state index is 13.4. The third-order valence-electron chi connectivity index (χ3n) is 8.41. The standard InChI is InChI=1S/C35H38N2O3/c1-25(31-18-10-16-27-15-8-9-17-32(27)31)36-23-29-19-20-37(24-33(29)28-13-6-3-7-14-28)34(38)22-30(35(39)40)21-26-11-4-2-5-12-26/h2-18,25,29-30,33,36H,19-24H2,1H3,(H,39,40)/t25-,29?,30+,33?/m1/s1. The number of carbonyl (C=O) groups is 2. The van der Waals surface area contributed by atoms with Crippen LogP contribution in [0.2, 0.25) is 0 Å². The minimum Gasteiger partial charge on any atom is -0.481 e. The molecule has 0 aromatic heterocycles. The number of likely N-dealkylation sites (tertiary alicyclic amines) is 1. The van der Waals surface area contributed by atoms with E-state index in [1.165, 1.54) is 21.9 Å². The Morgan fingerprint density at radius 2 is 1.57 bits per heavy atom. The molecule has 2 unspecified atom stereocenters. The highest BCUT2D eigenvalue weighted by Crippen LogP contribution is 2.34. The van der Waals surface area contributed by atoms with Crippen molar-refractivity contribution >= 4 is 22.6 Å². The first kappa shape index (κ1) is 27.6. The second kappa shape index (κ2) is 12.9. The van der Waals surface area contributed by atoms with Crippen LogP contribution in [0, 0.1) is 11.8 Å². The summed E-state index contributed by atoms with van der Waals surface area (Å²) in [7, 11) is 0. The zero-order valence-electron chi connectivity index (χ0n) is 23.1. The van der Waals surface area contributed by atoms with Crippen LogP contribution < -0.4 is 5.32 Å². The lowest BCUT2D eigenvalue weighted by atomic mass is 9.80. The van der Waals surface area contributed by atoms with E-state index < -0.39 is 11.9 Å². The number of carboxylic acids is 1. The van der Waals surface area contributed by atoms with E-state index in [1.807, 2.05) is 41.3 Å². The highest BCUT2D eigenvalue weighted by Gasteiger charge is 2.34. The summed E-state index contributed by atoms with van der Waals surface area (Å²) in [6.07, 6.45) is 1.25. The van der Waals surface area contributed by atoms with Gasteiger partial charge in [-0.05, 0) is 59.7 Å². The number of carboxylic acid groups (broad SMARTS) is 1. The molecule has 0 spiro atoms. The molecule has 1 fully saturated rings. The quantitative estimate of drug-likeness (QED) is 0.245. The normalized spacial score (nSPS) is 18.8. The Morgan fingerprint density at radius 1 is 0.900 bits per heavy atom. The molecule has 0 radical (unpaired) electrons. The van der Waals surface area contributed by atoms with Crippen molar-refractivity contribution in [1.29, 1.82) is 0 Å². The molecule has 4 aromatic rings. The topological polar surface area (TPSA) is 69.6 Å². The van der Waals surface area contributed by atoms with Crippen LogP contribution in [0.3, 0.4) is 0 Å². The molecule has 1 amide bonds. The van der Waals surface area contributed by atoms with Crippen LogP contribution in [0.5, 0.6) is 0 Å². The number of nitrogens with one attached hydrogen (secondary N) is 1. The zero-order valence-corrected chi connectivity index (χ0v) is 23.1. The average Bonchev–Trinajstić information content (AvgIpc) is 3.00. The second-order valence-corrected chi connectivity index (χ2v) is 11.0. The third-order valence-corrected chi connectivity index (χ3v) is 8.41. The van der Waals surface area contributed by atoms with Crippen LogP contribution in [0.4, 0.5) is 0 Å². The molecule has 0 bridgehead atoms. The largest absolute Gasteiger partial charge is 0.481 e. The summed E-state index contributed by atoms with van der Waals surface area (Å²) in [6.45, 7) is 4.32. The van der Waals surface area contributed by atoms with Gasteiger partial charge in [-0.3, -0.25) is 9.59 Å². The van der Waals surface area contributed by atoms with Crippen LogP contribution in [-0.2, 0) is 16.0 Å². The highest BCUT2D eigenvalue weighted by atomic mass is 16.4. The molecular weight excluding hydrogens is 496 g/mol. The number of amides is 1. The minimum atomic E-state index is -0.918. The zero-order chi connectivity index (χ0) is 27.9. The number of hydrogen-bond donors (Lipinski definition) is 2. The van der Waals surface area contributed by atoms with Gasteiger partial charge in [0, 0.05) is 31.5 Å². The summed E-state index contributed by atoms with van der Waals surface area (Å²) in [5.41, 5.74) is 3.46. The first-order valence-corrected chi connectivity index (χ1v) is 14.3. The second-order valence-electron chi connectivity index (χ2n) is 11.0. The van der Waals surface area contributed by atoms with Gasteiger partial charge < -0.3 is 15.3 Å². The lowest BCUT2D eigenvalue weighted by Gasteiger charge is -2.40. The summed E-state index contributed by atoms with van der Waals surface area (Å²) in [5, 5.41) is 16.2.